The molecule has 0 aliphatic rings. The van der Waals surface area contributed by atoms with Crippen molar-refractivity contribution in [3.05, 3.63) is 28.3 Å². The summed E-state index contributed by atoms with van der Waals surface area (Å²) in [4.78, 5) is 10.4. The molecule has 0 spiro atoms. The van der Waals surface area contributed by atoms with Crippen LogP contribution in [-0.4, -0.2) is 25.7 Å². The highest BCUT2D eigenvalue weighted by Gasteiger charge is 2.19. The first-order valence-corrected chi connectivity index (χ1v) is 6.21. The summed E-state index contributed by atoms with van der Waals surface area (Å²) < 4.78 is 22.6. The molecule has 0 saturated carbocycles. The van der Waals surface area contributed by atoms with Crippen molar-refractivity contribution in [2.24, 2.45) is 0 Å². The second-order valence-electron chi connectivity index (χ2n) is 3.02. The Morgan fingerprint density at radius 2 is 2.06 bits per heavy atom. The average molecular weight is 260 g/mol. The zero-order valence-corrected chi connectivity index (χ0v) is 9.63. The highest BCUT2D eigenvalue weighted by molar-refractivity contribution is 7.90. The number of rotatable bonds is 2. The molecule has 5 nitrogen and oxygen atoms in total. The largest absolute Gasteiger partial charge is 0.478 e. The standard InChI is InChI=1S/C9H6ClNO4S/c1-16(14,15)8-3-6(9(12)13)7(10)2-5(8)4-11/h2-3H,1H3,(H,12,13). The van der Waals surface area contributed by atoms with E-state index in [0.29, 0.717) is 0 Å². The van der Waals surface area contributed by atoms with Gasteiger partial charge in [0.2, 0.25) is 0 Å². The molecule has 1 rings (SSSR count). The van der Waals surface area contributed by atoms with Gasteiger partial charge in [-0.3, -0.25) is 0 Å². The Labute approximate surface area is 96.8 Å². The first-order chi connectivity index (χ1) is 7.27. The van der Waals surface area contributed by atoms with E-state index in [1.807, 2.05) is 0 Å². The van der Waals surface area contributed by atoms with E-state index in [0.717, 1.165) is 18.4 Å². The monoisotopic (exact) mass is 259 g/mol. The molecule has 0 amide bonds. The quantitative estimate of drug-likeness (QED) is 0.864. The molecule has 1 aromatic rings. The van der Waals surface area contributed by atoms with Crippen molar-refractivity contribution >= 4 is 27.4 Å². The lowest BCUT2D eigenvalue weighted by molar-refractivity contribution is 0.0697. The van der Waals surface area contributed by atoms with Crippen LogP contribution in [0.1, 0.15) is 15.9 Å². The number of halogens is 1. The number of carboxylic acid groups (broad SMARTS) is 1. The number of sulfone groups is 1. The lowest BCUT2D eigenvalue weighted by Crippen LogP contribution is -2.05. The molecule has 0 aliphatic carbocycles. The van der Waals surface area contributed by atoms with Crippen LogP contribution in [0.4, 0.5) is 0 Å². The minimum absolute atomic E-state index is 0.169. The Balaban J connectivity index is 3.68. The highest BCUT2D eigenvalue weighted by Crippen LogP contribution is 2.24. The number of nitrogens with zero attached hydrogens (tertiary/aromatic N) is 1. The van der Waals surface area contributed by atoms with Gasteiger partial charge in [-0.1, -0.05) is 11.6 Å². The first kappa shape index (κ1) is 12.5. The van der Waals surface area contributed by atoms with Crippen LogP contribution in [0, 0.1) is 11.3 Å². The molecule has 0 heterocycles. The van der Waals surface area contributed by atoms with Crippen LogP contribution in [0.25, 0.3) is 0 Å². The van der Waals surface area contributed by atoms with Crippen molar-refractivity contribution in [2.75, 3.05) is 6.26 Å². The summed E-state index contributed by atoms with van der Waals surface area (Å²) in [6.45, 7) is 0. The van der Waals surface area contributed by atoms with Gasteiger partial charge in [-0.05, 0) is 12.1 Å². The van der Waals surface area contributed by atoms with Gasteiger partial charge in [0.1, 0.15) is 6.07 Å². The number of aromatic carboxylic acids is 1. The molecule has 0 atom stereocenters. The van der Waals surface area contributed by atoms with Crippen molar-refractivity contribution in [1.29, 1.82) is 5.26 Å². The lowest BCUT2D eigenvalue weighted by atomic mass is 10.1. The summed E-state index contributed by atoms with van der Waals surface area (Å²) in [5.74, 6) is -1.35. The molecule has 0 bridgehead atoms. The fourth-order valence-electron chi connectivity index (χ4n) is 1.11. The molecule has 0 radical (unpaired) electrons. The van der Waals surface area contributed by atoms with Gasteiger partial charge in [0, 0.05) is 6.26 Å². The topological polar surface area (TPSA) is 95.2 Å². The van der Waals surface area contributed by atoms with Crippen LogP contribution < -0.4 is 0 Å². The molecule has 0 aromatic heterocycles. The Kier molecular flexibility index (Phi) is 3.21. The van der Waals surface area contributed by atoms with Crippen LogP contribution >= 0.6 is 11.6 Å². The predicted octanol–water partition coefficient (Wildman–Crippen LogP) is 1.31. The number of benzene rings is 1. The number of carboxylic acids is 1. The summed E-state index contributed by atoms with van der Waals surface area (Å²) >= 11 is 5.60. The molecule has 0 aliphatic heterocycles. The van der Waals surface area contributed by atoms with Gasteiger partial charge in [0.25, 0.3) is 0 Å². The summed E-state index contributed by atoms with van der Waals surface area (Å²) in [6, 6.07) is 3.57. The third-order valence-corrected chi connectivity index (χ3v) is 3.27. The van der Waals surface area contributed by atoms with Gasteiger partial charge in [0.15, 0.2) is 9.84 Å². The van der Waals surface area contributed by atoms with Crippen molar-refractivity contribution in [3.8, 4) is 6.07 Å². The molecule has 1 aromatic carbocycles. The van der Waals surface area contributed by atoms with E-state index in [-0.39, 0.29) is 21.0 Å². The van der Waals surface area contributed by atoms with Gasteiger partial charge in [-0.2, -0.15) is 5.26 Å². The molecule has 1 N–H and O–H groups in total. The first-order valence-electron chi connectivity index (χ1n) is 3.94. The fraction of sp³-hybridized carbons (Fsp3) is 0.111. The average Bonchev–Trinajstić information content (AvgIpc) is 2.14. The van der Waals surface area contributed by atoms with Crippen molar-refractivity contribution < 1.29 is 18.3 Å². The normalized spacial score (nSPS) is 10.8. The van der Waals surface area contributed by atoms with Crippen LogP contribution in [0.3, 0.4) is 0 Å². The van der Waals surface area contributed by atoms with E-state index < -0.39 is 15.8 Å². The summed E-state index contributed by atoms with van der Waals surface area (Å²) in [5, 5.41) is 17.3. The van der Waals surface area contributed by atoms with E-state index in [1.165, 1.54) is 0 Å². The Bertz CT molecular complexity index is 601. The minimum Gasteiger partial charge on any atom is -0.478 e. The molecular formula is C9H6ClNO4S. The number of hydrogen-bond donors (Lipinski definition) is 1. The van der Waals surface area contributed by atoms with Gasteiger partial charge in [-0.15, -0.1) is 0 Å². The Hall–Kier alpha value is -1.58. The number of nitriles is 1. The van der Waals surface area contributed by atoms with Crippen molar-refractivity contribution in [3.63, 3.8) is 0 Å². The molecule has 0 saturated heterocycles. The van der Waals surface area contributed by atoms with E-state index in [2.05, 4.69) is 0 Å². The molecular weight excluding hydrogens is 254 g/mol. The number of carbonyl (C=O) groups is 1. The molecule has 16 heavy (non-hydrogen) atoms. The second kappa shape index (κ2) is 4.12. The van der Waals surface area contributed by atoms with Gasteiger partial charge >= 0.3 is 5.97 Å². The highest BCUT2D eigenvalue weighted by atomic mass is 35.5. The van der Waals surface area contributed by atoms with Crippen molar-refractivity contribution in [2.45, 2.75) is 4.90 Å². The van der Waals surface area contributed by atoms with Gasteiger partial charge in [0.05, 0.1) is 21.0 Å². The Morgan fingerprint density at radius 1 is 1.50 bits per heavy atom. The van der Waals surface area contributed by atoms with E-state index in [4.69, 9.17) is 22.0 Å². The molecule has 7 heteroatoms. The summed E-state index contributed by atoms with van der Waals surface area (Å²) in [7, 11) is -3.66. The minimum atomic E-state index is -3.66. The predicted molar refractivity (Wildman–Crippen MR) is 56.2 cm³/mol. The van der Waals surface area contributed by atoms with Crippen LogP contribution in [-0.2, 0) is 9.84 Å². The third kappa shape index (κ3) is 2.32. The Morgan fingerprint density at radius 3 is 2.44 bits per heavy atom. The summed E-state index contributed by atoms with van der Waals surface area (Å²) in [5.41, 5.74) is -0.515. The van der Waals surface area contributed by atoms with Gasteiger partial charge < -0.3 is 5.11 Å². The van der Waals surface area contributed by atoms with Crippen molar-refractivity contribution in [1.82, 2.24) is 0 Å². The molecule has 84 valence electrons. The maximum absolute atomic E-state index is 11.3. The molecule has 0 fully saturated rings. The lowest BCUT2D eigenvalue weighted by Gasteiger charge is -2.05. The third-order valence-electron chi connectivity index (χ3n) is 1.82. The van der Waals surface area contributed by atoms with E-state index in [1.54, 1.807) is 6.07 Å². The van der Waals surface area contributed by atoms with Gasteiger partial charge in [-0.25, -0.2) is 13.2 Å². The fourth-order valence-corrected chi connectivity index (χ4v) is 2.19. The zero-order valence-electron chi connectivity index (χ0n) is 8.06. The smallest absolute Gasteiger partial charge is 0.337 e. The van der Waals surface area contributed by atoms with E-state index in [9.17, 15) is 13.2 Å². The van der Waals surface area contributed by atoms with Crippen LogP contribution in [0.15, 0.2) is 17.0 Å². The zero-order chi connectivity index (χ0) is 12.5. The molecule has 0 unspecified atom stereocenters. The second-order valence-corrected chi connectivity index (χ2v) is 5.41. The van der Waals surface area contributed by atoms with E-state index >= 15 is 0 Å². The SMILES string of the molecule is CS(=O)(=O)c1cc(C(=O)O)c(Cl)cc1C#N. The maximum Gasteiger partial charge on any atom is 0.337 e. The number of hydrogen-bond acceptors (Lipinski definition) is 4. The summed E-state index contributed by atoms with van der Waals surface area (Å²) in [6.07, 6.45) is 0.892. The van der Waals surface area contributed by atoms with Crippen LogP contribution in [0.5, 0.6) is 0 Å². The van der Waals surface area contributed by atoms with Crippen LogP contribution in [0.2, 0.25) is 5.02 Å². The maximum atomic E-state index is 11.3.